The van der Waals surface area contributed by atoms with Crippen LogP contribution in [0.25, 0.3) is 0 Å². The van der Waals surface area contributed by atoms with Crippen LogP contribution >= 0.6 is 11.6 Å². The van der Waals surface area contributed by atoms with Crippen molar-refractivity contribution in [1.29, 1.82) is 0 Å². The van der Waals surface area contributed by atoms with E-state index in [0.29, 0.717) is 30.4 Å². The summed E-state index contributed by atoms with van der Waals surface area (Å²) in [6.45, 7) is 0.800. The third kappa shape index (κ3) is 4.21. The molecule has 0 unspecified atom stereocenters. The minimum Gasteiger partial charge on any atom is -0.493 e. The first-order chi connectivity index (χ1) is 9.13. The Morgan fingerprint density at radius 1 is 1.26 bits per heavy atom. The van der Waals surface area contributed by atoms with Gasteiger partial charge in [-0.2, -0.15) is 0 Å². The molecule has 0 bridgehead atoms. The summed E-state index contributed by atoms with van der Waals surface area (Å²) < 4.78 is 16.0. The summed E-state index contributed by atoms with van der Waals surface area (Å²) in [6.07, 6.45) is 0. The molecule has 0 atom stereocenters. The summed E-state index contributed by atoms with van der Waals surface area (Å²) in [5.41, 5.74) is 0. The number of ether oxygens (including phenoxy) is 3. The van der Waals surface area contributed by atoms with E-state index in [9.17, 15) is 4.79 Å². The molecule has 0 radical (unpaired) electrons. The summed E-state index contributed by atoms with van der Waals surface area (Å²) >= 11 is 5.46. The molecule has 1 aromatic carbocycles. The van der Waals surface area contributed by atoms with Crippen LogP contribution in [0, 0.1) is 0 Å². The van der Waals surface area contributed by atoms with Gasteiger partial charge in [-0.15, -0.1) is 11.6 Å². The zero-order valence-electron chi connectivity index (χ0n) is 11.3. The number of para-hydroxylation sites is 1. The number of rotatable bonds is 7. The van der Waals surface area contributed by atoms with Crippen LogP contribution in [0.4, 0.5) is 0 Å². The molecule has 0 aliphatic rings. The van der Waals surface area contributed by atoms with Gasteiger partial charge in [0.2, 0.25) is 11.7 Å². The maximum absolute atomic E-state index is 11.3. The molecule has 5 nitrogen and oxygen atoms in total. The molecular weight excluding hydrogens is 270 g/mol. The fourth-order valence-electron chi connectivity index (χ4n) is 1.49. The summed E-state index contributed by atoms with van der Waals surface area (Å²) in [4.78, 5) is 12.8. The topological polar surface area (TPSA) is 48.0 Å². The lowest BCUT2D eigenvalue weighted by molar-refractivity contribution is -0.127. The Balaban J connectivity index is 2.60. The highest BCUT2D eigenvalue weighted by atomic mass is 35.5. The molecule has 106 valence electrons. The van der Waals surface area contributed by atoms with Gasteiger partial charge in [-0.25, -0.2) is 0 Å². The van der Waals surface area contributed by atoms with Crippen molar-refractivity contribution >= 4 is 17.5 Å². The normalized spacial score (nSPS) is 9.89. The quantitative estimate of drug-likeness (QED) is 0.717. The van der Waals surface area contributed by atoms with Gasteiger partial charge >= 0.3 is 0 Å². The maximum atomic E-state index is 11.3. The van der Waals surface area contributed by atoms with Crippen molar-refractivity contribution in [3.05, 3.63) is 18.2 Å². The predicted molar refractivity (Wildman–Crippen MR) is 73.4 cm³/mol. The number of likely N-dealkylation sites (N-methyl/N-ethyl adjacent to an activating group) is 1. The second-order valence-electron chi connectivity index (χ2n) is 3.79. The first-order valence-electron chi connectivity index (χ1n) is 5.77. The number of nitrogens with zero attached hydrogens (tertiary/aromatic N) is 1. The van der Waals surface area contributed by atoms with Crippen LogP contribution in [0.1, 0.15) is 0 Å². The number of carbonyl (C=O) groups excluding carboxylic acids is 1. The first kappa shape index (κ1) is 15.4. The monoisotopic (exact) mass is 287 g/mol. The molecular formula is C13H18ClNO4. The Morgan fingerprint density at radius 3 is 2.53 bits per heavy atom. The standard InChI is InChI=1S/C13H18ClNO4/c1-15(12(16)9-14)7-8-19-11-6-4-5-10(17-2)13(11)18-3/h4-6H,7-9H2,1-3H3. The Hall–Kier alpha value is -1.62. The van der Waals surface area contributed by atoms with E-state index in [2.05, 4.69) is 0 Å². The summed E-state index contributed by atoms with van der Waals surface area (Å²) in [7, 11) is 4.79. The molecule has 1 amide bonds. The van der Waals surface area contributed by atoms with Crippen LogP contribution in [0.3, 0.4) is 0 Å². The van der Waals surface area contributed by atoms with Gasteiger partial charge in [-0.05, 0) is 12.1 Å². The Bertz CT molecular complexity index is 425. The van der Waals surface area contributed by atoms with E-state index in [0.717, 1.165) is 0 Å². The number of amides is 1. The second-order valence-corrected chi connectivity index (χ2v) is 4.06. The smallest absolute Gasteiger partial charge is 0.237 e. The van der Waals surface area contributed by atoms with Crippen molar-refractivity contribution in [2.45, 2.75) is 0 Å². The van der Waals surface area contributed by atoms with Crippen LogP contribution < -0.4 is 14.2 Å². The molecule has 0 saturated carbocycles. The van der Waals surface area contributed by atoms with Crippen LogP contribution in [-0.2, 0) is 4.79 Å². The van der Waals surface area contributed by atoms with Crippen molar-refractivity contribution in [2.75, 3.05) is 40.3 Å². The van der Waals surface area contributed by atoms with Crippen molar-refractivity contribution in [2.24, 2.45) is 0 Å². The highest BCUT2D eigenvalue weighted by Crippen LogP contribution is 2.36. The van der Waals surface area contributed by atoms with Gasteiger partial charge in [0.1, 0.15) is 12.5 Å². The molecule has 1 rings (SSSR count). The van der Waals surface area contributed by atoms with E-state index in [1.54, 1.807) is 33.4 Å². The Labute approximate surface area is 118 Å². The highest BCUT2D eigenvalue weighted by molar-refractivity contribution is 6.27. The lowest BCUT2D eigenvalue weighted by Gasteiger charge is -2.17. The van der Waals surface area contributed by atoms with Crippen molar-refractivity contribution in [3.63, 3.8) is 0 Å². The SMILES string of the molecule is COc1cccc(OCCN(C)C(=O)CCl)c1OC. The van der Waals surface area contributed by atoms with E-state index in [-0.39, 0.29) is 11.8 Å². The van der Waals surface area contributed by atoms with Gasteiger partial charge in [0, 0.05) is 7.05 Å². The lowest BCUT2D eigenvalue weighted by Crippen LogP contribution is -2.31. The fraction of sp³-hybridized carbons (Fsp3) is 0.462. The molecule has 6 heteroatoms. The molecule has 0 aliphatic carbocycles. The molecule has 0 spiro atoms. The number of alkyl halides is 1. The molecule has 0 saturated heterocycles. The second kappa shape index (κ2) is 7.74. The van der Waals surface area contributed by atoms with Crippen LogP contribution in [-0.4, -0.2) is 51.1 Å². The van der Waals surface area contributed by atoms with E-state index in [1.165, 1.54) is 4.90 Å². The minimum atomic E-state index is -0.136. The zero-order valence-corrected chi connectivity index (χ0v) is 12.1. The van der Waals surface area contributed by atoms with Crippen LogP contribution in [0.2, 0.25) is 0 Å². The molecule has 0 heterocycles. The molecule has 19 heavy (non-hydrogen) atoms. The zero-order chi connectivity index (χ0) is 14.3. The van der Waals surface area contributed by atoms with E-state index in [4.69, 9.17) is 25.8 Å². The third-order valence-electron chi connectivity index (χ3n) is 2.59. The van der Waals surface area contributed by atoms with Gasteiger partial charge < -0.3 is 19.1 Å². The number of hydrogen-bond acceptors (Lipinski definition) is 4. The van der Waals surface area contributed by atoms with Crippen molar-refractivity contribution in [3.8, 4) is 17.2 Å². The Morgan fingerprint density at radius 2 is 1.95 bits per heavy atom. The van der Waals surface area contributed by atoms with E-state index >= 15 is 0 Å². The molecule has 1 aromatic rings. The average Bonchev–Trinajstić information content (AvgIpc) is 2.45. The highest BCUT2D eigenvalue weighted by Gasteiger charge is 2.11. The first-order valence-corrected chi connectivity index (χ1v) is 6.31. The van der Waals surface area contributed by atoms with Crippen molar-refractivity contribution in [1.82, 2.24) is 4.90 Å². The number of carbonyl (C=O) groups is 1. The largest absolute Gasteiger partial charge is 0.493 e. The molecule has 0 aliphatic heterocycles. The van der Waals surface area contributed by atoms with Crippen molar-refractivity contribution < 1.29 is 19.0 Å². The van der Waals surface area contributed by atoms with Crippen LogP contribution in [0.15, 0.2) is 18.2 Å². The van der Waals surface area contributed by atoms with E-state index < -0.39 is 0 Å². The molecule has 0 aromatic heterocycles. The average molecular weight is 288 g/mol. The van der Waals surface area contributed by atoms with Gasteiger partial charge in [0.25, 0.3) is 0 Å². The summed E-state index contributed by atoms with van der Waals surface area (Å²) in [5, 5.41) is 0. The van der Waals surface area contributed by atoms with Gasteiger partial charge in [-0.1, -0.05) is 6.07 Å². The van der Waals surface area contributed by atoms with E-state index in [1.807, 2.05) is 6.07 Å². The fourth-order valence-corrected chi connectivity index (χ4v) is 1.69. The summed E-state index contributed by atoms with van der Waals surface area (Å²) in [5.74, 6) is 1.55. The number of halogens is 1. The van der Waals surface area contributed by atoms with Gasteiger partial charge in [0.05, 0.1) is 20.8 Å². The minimum absolute atomic E-state index is 0.0288. The molecule has 0 N–H and O–H groups in total. The Kier molecular flexibility index (Phi) is 6.29. The van der Waals surface area contributed by atoms with Gasteiger partial charge in [-0.3, -0.25) is 4.79 Å². The number of benzene rings is 1. The van der Waals surface area contributed by atoms with Crippen LogP contribution in [0.5, 0.6) is 17.2 Å². The maximum Gasteiger partial charge on any atom is 0.237 e. The number of hydrogen-bond donors (Lipinski definition) is 0. The number of methoxy groups -OCH3 is 2. The third-order valence-corrected chi connectivity index (χ3v) is 2.82. The lowest BCUT2D eigenvalue weighted by atomic mass is 10.3. The molecule has 0 fully saturated rings. The van der Waals surface area contributed by atoms with Gasteiger partial charge in [0.15, 0.2) is 11.5 Å². The predicted octanol–water partition coefficient (Wildman–Crippen LogP) is 1.78. The summed E-state index contributed by atoms with van der Waals surface area (Å²) in [6, 6.07) is 5.38.